The Hall–Kier alpha value is -1.35. The molecule has 2 aliphatic rings. The van der Waals surface area contributed by atoms with Gasteiger partial charge >= 0.3 is 0 Å². The van der Waals surface area contributed by atoms with Crippen molar-refractivity contribution in [2.24, 2.45) is 11.7 Å². The zero-order valence-corrected chi connectivity index (χ0v) is 12.0. The van der Waals surface area contributed by atoms with Crippen LogP contribution in [-0.2, 0) is 0 Å². The minimum Gasteiger partial charge on any atom is -0.335 e. The molecule has 3 rings (SSSR count). The van der Waals surface area contributed by atoms with Crippen molar-refractivity contribution in [2.75, 3.05) is 13.1 Å². The number of hydrogen-bond acceptors (Lipinski definition) is 2. The zero-order valence-electron chi connectivity index (χ0n) is 12.0. The molecule has 2 N–H and O–H groups in total. The Kier molecular flexibility index (Phi) is 2.72. The standard InChI is InChI=1S/C16H22N2O/c1-10-6-11(2)14(12(3)7-10)15(19)18-8-16(17,9-18)13-4-5-13/h6-7,13H,4-5,8-9,17H2,1-3H3. The molecule has 1 saturated carbocycles. The van der Waals surface area contributed by atoms with Gasteiger partial charge in [-0.1, -0.05) is 17.7 Å². The third kappa shape index (κ3) is 2.06. The minimum atomic E-state index is -0.0951. The Bertz CT molecular complexity index is 517. The van der Waals surface area contributed by atoms with E-state index in [2.05, 4.69) is 19.1 Å². The van der Waals surface area contributed by atoms with Crippen LogP contribution in [0.2, 0.25) is 0 Å². The average molecular weight is 258 g/mol. The van der Waals surface area contributed by atoms with Gasteiger partial charge in [-0.3, -0.25) is 4.79 Å². The van der Waals surface area contributed by atoms with E-state index < -0.39 is 0 Å². The summed E-state index contributed by atoms with van der Waals surface area (Å²) in [5, 5.41) is 0. The van der Waals surface area contributed by atoms with Gasteiger partial charge in [-0.05, 0) is 50.7 Å². The van der Waals surface area contributed by atoms with E-state index in [4.69, 9.17) is 5.73 Å². The monoisotopic (exact) mass is 258 g/mol. The summed E-state index contributed by atoms with van der Waals surface area (Å²) in [7, 11) is 0. The van der Waals surface area contributed by atoms with Gasteiger partial charge in [0.15, 0.2) is 0 Å². The van der Waals surface area contributed by atoms with Crippen LogP contribution >= 0.6 is 0 Å². The van der Waals surface area contributed by atoms with Crippen LogP contribution in [0.4, 0.5) is 0 Å². The summed E-state index contributed by atoms with van der Waals surface area (Å²) in [5.41, 5.74) is 10.4. The second-order valence-electron chi connectivity index (χ2n) is 6.44. The van der Waals surface area contributed by atoms with Gasteiger partial charge in [0, 0.05) is 18.7 Å². The molecule has 2 fully saturated rings. The summed E-state index contributed by atoms with van der Waals surface area (Å²) in [6.07, 6.45) is 2.47. The van der Waals surface area contributed by atoms with Crippen molar-refractivity contribution in [3.05, 3.63) is 34.4 Å². The molecule has 0 bridgehead atoms. The second kappa shape index (κ2) is 4.07. The highest BCUT2D eigenvalue weighted by Gasteiger charge is 2.51. The van der Waals surface area contributed by atoms with E-state index in [9.17, 15) is 4.79 Å². The largest absolute Gasteiger partial charge is 0.335 e. The molecular formula is C16H22N2O. The maximum Gasteiger partial charge on any atom is 0.254 e. The Balaban J connectivity index is 1.79. The van der Waals surface area contributed by atoms with Crippen molar-refractivity contribution in [3.63, 3.8) is 0 Å². The van der Waals surface area contributed by atoms with Crippen LogP contribution in [0.1, 0.15) is 39.9 Å². The van der Waals surface area contributed by atoms with Crippen molar-refractivity contribution < 1.29 is 4.79 Å². The summed E-state index contributed by atoms with van der Waals surface area (Å²) in [4.78, 5) is 14.5. The smallest absolute Gasteiger partial charge is 0.254 e. The predicted molar refractivity (Wildman–Crippen MR) is 76.2 cm³/mol. The Labute approximate surface area is 114 Å². The molecule has 1 aliphatic carbocycles. The maximum absolute atomic E-state index is 12.6. The molecule has 1 saturated heterocycles. The summed E-state index contributed by atoms with van der Waals surface area (Å²) < 4.78 is 0. The molecule has 1 heterocycles. The van der Waals surface area contributed by atoms with Gasteiger partial charge in [0.2, 0.25) is 0 Å². The lowest BCUT2D eigenvalue weighted by atomic mass is 9.84. The van der Waals surface area contributed by atoms with Crippen LogP contribution < -0.4 is 5.73 Å². The summed E-state index contributed by atoms with van der Waals surface area (Å²) in [6, 6.07) is 4.16. The number of hydrogen-bond donors (Lipinski definition) is 1. The van der Waals surface area contributed by atoms with E-state index in [1.165, 1.54) is 18.4 Å². The molecule has 1 aromatic rings. The van der Waals surface area contributed by atoms with Gasteiger partial charge in [-0.15, -0.1) is 0 Å². The zero-order chi connectivity index (χ0) is 13.8. The molecule has 0 spiro atoms. The highest BCUT2D eigenvalue weighted by Crippen LogP contribution is 2.43. The second-order valence-corrected chi connectivity index (χ2v) is 6.44. The van der Waals surface area contributed by atoms with Crippen molar-refractivity contribution in [2.45, 2.75) is 39.2 Å². The summed E-state index contributed by atoms with van der Waals surface area (Å²) in [5.74, 6) is 0.800. The minimum absolute atomic E-state index is 0.0951. The molecule has 1 aliphatic heterocycles. The third-order valence-corrected chi connectivity index (χ3v) is 4.54. The van der Waals surface area contributed by atoms with Crippen LogP contribution in [0, 0.1) is 26.7 Å². The number of nitrogens with zero attached hydrogens (tertiary/aromatic N) is 1. The maximum atomic E-state index is 12.6. The van der Waals surface area contributed by atoms with E-state index in [-0.39, 0.29) is 11.4 Å². The molecule has 0 atom stereocenters. The molecule has 102 valence electrons. The SMILES string of the molecule is Cc1cc(C)c(C(=O)N2CC(N)(C3CC3)C2)c(C)c1. The van der Waals surface area contributed by atoms with E-state index in [1.807, 2.05) is 18.7 Å². The van der Waals surface area contributed by atoms with E-state index in [1.54, 1.807) is 0 Å². The quantitative estimate of drug-likeness (QED) is 0.883. The van der Waals surface area contributed by atoms with Crippen molar-refractivity contribution in [3.8, 4) is 0 Å². The van der Waals surface area contributed by atoms with Gasteiger partial charge in [-0.25, -0.2) is 0 Å². The fourth-order valence-electron chi connectivity index (χ4n) is 3.40. The molecule has 3 nitrogen and oxygen atoms in total. The number of carbonyl (C=O) groups excluding carboxylic acids is 1. The van der Waals surface area contributed by atoms with E-state index >= 15 is 0 Å². The summed E-state index contributed by atoms with van der Waals surface area (Å²) in [6.45, 7) is 7.55. The number of carbonyl (C=O) groups is 1. The van der Waals surface area contributed by atoms with Crippen molar-refractivity contribution in [1.29, 1.82) is 0 Å². The Morgan fingerprint density at radius 3 is 2.21 bits per heavy atom. The van der Waals surface area contributed by atoms with Crippen LogP contribution in [0.25, 0.3) is 0 Å². The third-order valence-electron chi connectivity index (χ3n) is 4.54. The normalized spacial score (nSPS) is 21.2. The molecule has 0 unspecified atom stereocenters. The fourth-order valence-corrected chi connectivity index (χ4v) is 3.40. The molecule has 19 heavy (non-hydrogen) atoms. The first-order valence-corrected chi connectivity index (χ1v) is 7.07. The van der Waals surface area contributed by atoms with E-state index in [0.29, 0.717) is 5.92 Å². The fraction of sp³-hybridized carbons (Fsp3) is 0.562. The molecule has 0 aromatic heterocycles. The molecule has 0 radical (unpaired) electrons. The number of benzene rings is 1. The molecule has 3 heteroatoms. The van der Waals surface area contributed by atoms with Gasteiger partial charge < -0.3 is 10.6 Å². The topological polar surface area (TPSA) is 46.3 Å². The van der Waals surface area contributed by atoms with Gasteiger partial charge in [0.05, 0.1) is 5.54 Å². The lowest BCUT2D eigenvalue weighted by Gasteiger charge is -2.48. The lowest BCUT2D eigenvalue weighted by Crippen LogP contribution is -2.69. The number of nitrogens with two attached hydrogens (primary N) is 1. The Morgan fingerprint density at radius 1 is 1.21 bits per heavy atom. The average Bonchev–Trinajstić information content (AvgIpc) is 3.06. The number of rotatable bonds is 2. The van der Waals surface area contributed by atoms with Crippen LogP contribution in [-0.4, -0.2) is 29.4 Å². The molecule has 1 amide bonds. The number of amides is 1. The van der Waals surface area contributed by atoms with Gasteiger partial charge in [-0.2, -0.15) is 0 Å². The molecule has 1 aromatic carbocycles. The first kappa shape index (κ1) is 12.7. The first-order chi connectivity index (χ1) is 8.90. The Morgan fingerprint density at radius 2 is 1.74 bits per heavy atom. The van der Waals surface area contributed by atoms with Gasteiger partial charge in [0.1, 0.15) is 0 Å². The first-order valence-electron chi connectivity index (χ1n) is 7.07. The van der Waals surface area contributed by atoms with Crippen molar-refractivity contribution >= 4 is 5.91 Å². The lowest BCUT2D eigenvalue weighted by molar-refractivity contribution is 0.0349. The number of likely N-dealkylation sites (tertiary alicyclic amines) is 1. The highest BCUT2D eigenvalue weighted by molar-refractivity contribution is 5.97. The molecular weight excluding hydrogens is 236 g/mol. The van der Waals surface area contributed by atoms with E-state index in [0.717, 1.165) is 29.8 Å². The van der Waals surface area contributed by atoms with Crippen molar-refractivity contribution in [1.82, 2.24) is 4.90 Å². The number of aryl methyl sites for hydroxylation is 3. The van der Waals surface area contributed by atoms with Crippen LogP contribution in [0.3, 0.4) is 0 Å². The highest BCUT2D eigenvalue weighted by atomic mass is 16.2. The summed E-state index contributed by atoms with van der Waals surface area (Å²) >= 11 is 0. The van der Waals surface area contributed by atoms with Crippen LogP contribution in [0.5, 0.6) is 0 Å². The van der Waals surface area contributed by atoms with Gasteiger partial charge in [0.25, 0.3) is 5.91 Å². The predicted octanol–water partition coefficient (Wildman–Crippen LogP) is 2.18. The van der Waals surface area contributed by atoms with Crippen LogP contribution in [0.15, 0.2) is 12.1 Å².